The number of ether oxygens (including phenoxy) is 1. The number of aromatic amines is 1. The Bertz CT molecular complexity index is 718. The first-order chi connectivity index (χ1) is 9.24. The maximum atomic E-state index is 9.62. The van der Waals surface area contributed by atoms with Gasteiger partial charge in [-0.2, -0.15) is 0 Å². The summed E-state index contributed by atoms with van der Waals surface area (Å²) in [5.41, 5.74) is 1.86. The average Bonchev–Trinajstić information content (AvgIpc) is 2.80. The Hall–Kier alpha value is -2.62. The molecule has 0 atom stereocenters. The third-order valence-electron chi connectivity index (χ3n) is 3.00. The molecule has 0 spiro atoms. The molecule has 0 fully saturated rings. The lowest BCUT2D eigenvalue weighted by Gasteiger charge is -2.07. The van der Waals surface area contributed by atoms with Gasteiger partial charge in [0.15, 0.2) is 11.5 Å². The van der Waals surface area contributed by atoms with E-state index in [0.717, 1.165) is 16.5 Å². The second-order valence-electron chi connectivity index (χ2n) is 4.30. The maximum absolute atomic E-state index is 9.62. The topological polar surface area (TPSA) is 65.5 Å². The number of para-hydroxylation sites is 2. The zero-order valence-electron chi connectivity index (χ0n) is 10.1. The number of phenolic OH excluding ortho intramolecular Hbond substituents is 2. The highest BCUT2D eigenvalue weighted by Crippen LogP contribution is 2.27. The summed E-state index contributed by atoms with van der Waals surface area (Å²) in [6.45, 7) is 0.320. The van der Waals surface area contributed by atoms with Gasteiger partial charge in [-0.15, -0.1) is 0 Å². The van der Waals surface area contributed by atoms with E-state index in [0.29, 0.717) is 12.4 Å². The molecular weight excluding hydrogens is 242 g/mol. The maximum Gasteiger partial charge on any atom is 0.161 e. The highest BCUT2D eigenvalue weighted by atomic mass is 16.5. The molecule has 0 saturated carbocycles. The molecule has 0 unspecified atom stereocenters. The molecule has 4 nitrogen and oxygen atoms in total. The summed E-state index contributed by atoms with van der Waals surface area (Å²) in [5.74, 6) is 0.776. The zero-order chi connectivity index (χ0) is 13.2. The van der Waals surface area contributed by atoms with E-state index in [1.54, 1.807) is 36.4 Å². The number of aromatic hydroxyl groups is 2. The molecule has 3 N–H and O–H groups in total. The molecular formula is C15H13NO3. The van der Waals surface area contributed by atoms with E-state index in [4.69, 9.17) is 4.74 Å². The number of H-pyrrole nitrogens is 1. The van der Waals surface area contributed by atoms with Gasteiger partial charge in [-0.3, -0.25) is 0 Å². The summed E-state index contributed by atoms with van der Waals surface area (Å²) >= 11 is 0. The molecule has 2 aromatic carbocycles. The van der Waals surface area contributed by atoms with Crippen LogP contribution in [0.2, 0.25) is 0 Å². The van der Waals surface area contributed by atoms with Crippen LogP contribution in [0.3, 0.4) is 0 Å². The first kappa shape index (κ1) is 11.5. The Balaban J connectivity index is 1.86. The second kappa shape index (κ2) is 4.57. The van der Waals surface area contributed by atoms with E-state index < -0.39 is 0 Å². The third-order valence-corrected chi connectivity index (χ3v) is 3.00. The quantitative estimate of drug-likeness (QED) is 0.673. The van der Waals surface area contributed by atoms with E-state index in [1.165, 1.54) is 0 Å². The Morgan fingerprint density at radius 2 is 1.89 bits per heavy atom. The van der Waals surface area contributed by atoms with Crippen LogP contribution in [0, 0.1) is 0 Å². The van der Waals surface area contributed by atoms with Gasteiger partial charge in [-0.05, 0) is 30.3 Å². The van der Waals surface area contributed by atoms with E-state index in [9.17, 15) is 10.2 Å². The largest absolute Gasteiger partial charge is 0.508 e. The molecule has 96 valence electrons. The van der Waals surface area contributed by atoms with Crippen molar-refractivity contribution in [1.82, 2.24) is 4.98 Å². The molecule has 0 bridgehead atoms. The van der Waals surface area contributed by atoms with Crippen LogP contribution in [-0.4, -0.2) is 15.2 Å². The fraction of sp³-hybridized carbons (Fsp3) is 0.0667. The predicted octanol–water partition coefficient (Wildman–Crippen LogP) is 3.16. The molecule has 0 radical (unpaired) electrons. The summed E-state index contributed by atoms with van der Waals surface area (Å²) < 4.78 is 5.58. The van der Waals surface area contributed by atoms with Crippen molar-refractivity contribution in [3.63, 3.8) is 0 Å². The van der Waals surface area contributed by atoms with Crippen molar-refractivity contribution in [3.05, 3.63) is 54.2 Å². The Morgan fingerprint density at radius 3 is 2.74 bits per heavy atom. The van der Waals surface area contributed by atoms with Crippen LogP contribution in [-0.2, 0) is 6.61 Å². The van der Waals surface area contributed by atoms with E-state index in [-0.39, 0.29) is 11.5 Å². The number of benzene rings is 2. The van der Waals surface area contributed by atoms with Crippen LogP contribution >= 0.6 is 0 Å². The predicted molar refractivity (Wildman–Crippen MR) is 72.4 cm³/mol. The first-order valence-corrected chi connectivity index (χ1v) is 5.94. The third kappa shape index (κ3) is 2.20. The van der Waals surface area contributed by atoms with E-state index >= 15 is 0 Å². The number of aromatic nitrogens is 1. The van der Waals surface area contributed by atoms with Crippen LogP contribution in [0.15, 0.2) is 48.7 Å². The standard InChI is InChI=1S/C15H13NO3/c17-11-5-6-13-12(7-11)10(8-16-13)9-19-15-4-2-1-3-14(15)18/h1-8,16-18H,9H2. The average molecular weight is 255 g/mol. The van der Waals surface area contributed by atoms with Crippen molar-refractivity contribution >= 4 is 10.9 Å². The Morgan fingerprint density at radius 1 is 1.05 bits per heavy atom. The van der Waals surface area contributed by atoms with Gasteiger partial charge in [0.1, 0.15) is 12.4 Å². The molecule has 3 rings (SSSR count). The van der Waals surface area contributed by atoms with Gasteiger partial charge in [0.25, 0.3) is 0 Å². The Kier molecular flexibility index (Phi) is 2.76. The SMILES string of the molecule is Oc1ccc2[nH]cc(COc3ccccc3O)c2c1. The smallest absolute Gasteiger partial charge is 0.161 e. The summed E-state index contributed by atoms with van der Waals surface area (Å²) in [6, 6.07) is 12.0. The summed E-state index contributed by atoms with van der Waals surface area (Å²) in [6.07, 6.45) is 1.84. The van der Waals surface area contributed by atoms with Crippen LogP contribution in [0.5, 0.6) is 17.2 Å². The van der Waals surface area contributed by atoms with Crippen LogP contribution < -0.4 is 4.74 Å². The first-order valence-electron chi connectivity index (χ1n) is 5.94. The van der Waals surface area contributed by atoms with Crippen molar-refractivity contribution in [2.45, 2.75) is 6.61 Å². The molecule has 1 heterocycles. The lowest BCUT2D eigenvalue weighted by molar-refractivity contribution is 0.290. The fourth-order valence-corrected chi connectivity index (χ4v) is 2.02. The van der Waals surface area contributed by atoms with E-state index in [1.807, 2.05) is 12.3 Å². The molecule has 0 aliphatic heterocycles. The second-order valence-corrected chi connectivity index (χ2v) is 4.30. The minimum atomic E-state index is 0.116. The Labute approximate surface area is 109 Å². The molecule has 1 aromatic heterocycles. The number of fused-ring (bicyclic) bond motifs is 1. The lowest BCUT2D eigenvalue weighted by atomic mass is 10.2. The normalized spacial score (nSPS) is 10.7. The van der Waals surface area contributed by atoms with Gasteiger partial charge in [-0.1, -0.05) is 12.1 Å². The fourth-order valence-electron chi connectivity index (χ4n) is 2.02. The van der Waals surface area contributed by atoms with Crippen molar-refractivity contribution in [1.29, 1.82) is 0 Å². The highest BCUT2D eigenvalue weighted by molar-refractivity contribution is 5.84. The van der Waals surface area contributed by atoms with Gasteiger partial charge in [-0.25, -0.2) is 0 Å². The molecule has 4 heteroatoms. The summed E-state index contributed by atoms with van der Waals surface area (Å²) in [5, 5.41) is 20.0. The lowest BCUT2D eigenvalue weighted by Crippen LogP contribution is -1.94. The van der Waals surface area contributed by atoms with Crippen molar-refractivity contribution in [2.75, 3.05) is 0 Å². The number of phenols is 2. The highest BCUT2D eigenvalue weighted by Gasteiger charge is 2.07. The van der Waals surface area contributed by atoms with Crippen molar-refractivity contribution < 1.29 is 14.9 Å². The number of rotatable bonds is 3. The van der Waals surface area contributed by atoms with Crippen LogP contribution in [0.25, 0.3) is 10.9 Å². The van der Waals surface area contributed by atoms with Crippen LogP contribution in [0.1, 0.15) is 5.56 Å². The molecule has 0 aliphatic carbocycles. The molecule has 0 aliphatic rings. The molecule has 3 aromatic rings. The molecule has 0 saturated heterocycles. The summed E-state index contributed by atoms with van der Waals surface area (Å²) in [7, 11) is 0. The van der Waals surface area contributed by atoms with Crippen molar-refractivity contribution in [3.8, 4) is 17.2 Å². The molecule has 0 amide bonds. The number of nitrogens with one attached hydrogen (secondary N) is 1. The van der Waals surface area contributed by atoms with Crippen molar-refractivity contribution in [2.24, 2.45) is 0 Å². The summed E-state index contributed by atoms with van der Waals surface area (Å²) in [4.78, 5) is 3.11. The molecule has 19 heavy (non-hydrogen) atoms. The van der Waals surface area contributed by atoms with Gasteiger partial charge in [0.2, 0.25) is 0 Å². The minimum Gasteiger partial charge on any atom is -0.508 e. The minimum absolute atomic E-state index is 0.116. The van der Waals surface area contributed by atoms with Crippen LogP contribution in [0.4, 0.5) is 0 Å². The van der Waals surface area contributed by atoms with Gasteiger partial charge in [0.05, 0.1) is 0 Å². The number of hydrogen-bond donors (Lipinski definition) is 3. The zero-order valence-corrected chi connectivity index (χ0v) is 10.1. The van der Waals surface area contributed by atoms with Gasteiger partial charge in [0, 0.05) is 22.7 Å². The van der Waals surface area contributed by atoms with Gasteiger partial charge < -0.3 is 19.9 Å². The van der Waals surface area contributed by atoms with Gasteiger partial charge >= 0.3 is 0 Å². The van der Waals surface area contributed by atoms with E-state index in [2.05, 4.69) is 4.98 Å². The number of hydrogen-bond acceptors (Lipinski definition) is 3. The monoisotopic (exact) mass is 255 g/mol.